The summed E-state index contributed by atoms with van der Waals surface area (Å²) in [4.78, 5) is 12.1. The number of amides is 1. The number of methoxy groups -OCH3 is 1. The van der Waals surface area contributed by atoms with Crippen LogP contribution in [0.15, 0.2) is 40.8 Å². The van der Waals surface area contributed by atoms with Gasteiger partial charge in [0.05, 0.1) is 6.10 Å². The third-order valence-corrected chi connectivity index (χ3v) is 3.74. The summed E-state index contributed by atoms with van der Waals surface area (Å²) in [5, 5.41) is 2.78. The molecule has 128 valence electrons. The summed E-state index contributed by atoms with van der Waals surface area (Å²) in [5.41, 5.74) is 0.675. The molecule has 1 atom stereocenters. The minimum atomic E-state index is -0.301. The summed E-state index contributed by atoms with van der Waals surface area (Å²) in [5.74, 6) is 1.32. The lowest BCUT2D eigenvalue weighted by atomic mass is 10.2. The number of anilines is 1. The van der Waals surface area contributed by atoms with Crippen molar-refractivity contribution in [3.05, 3.63) is 47.9 Å². The average molecular weight is 331 g/mol. The second-order valence-corrected chi connectivity index (χ2v) is 5.62. The second kappa shape index (κ2) is 7.99. The van der Waals surface area contributed by atoms with Crippen LogP contribution < -0.4 is 10.1 Å². The predicted octanol–water partition coefficient (Wildman–Crippen LogP) is 3.24. The van der Waals surface area contributed by atoms with Crippen molar-refractivity contribution in [3.8, 4) is 5.75 Å². The van der Waals surface area contributed by atoms with Gasteiger partial charge in [0.25, 0.3) is 5.91 Å². The predicted molar refractivity (Wildman–Crippen MR) is 88.3 cm³/mol. The standard InChI is InChI=1S/C18H21NO5/c1-21-11-16-8-9-17(24-16)18(20)19-13-4-6-14(7-5-13)23-12-15-3-2-10-22-15/h4-9,15H,2-3,10-12H2,1H3,(H,19,20). The van der Waals surface area contributed by atoms with E-state index >= 15 is 0 Å². The first kappa shape index (κ1) is 16.5. The highest BCUT2D eigenvalue weighted by Crippen LogP contribution is 2.19. The second-order valence-electron chi connectivity index (χ2n) is 5.62. The number of ether oxygens (including phenoxy) is 3. The Morgan fingerprint density at radius 1 is 1.25 bits per heavy atom. The molecule has 2 aromatic rings. The van der Waals surface area contributed by atoms with Gasteiger partial charge in [-0.05, 0) is 49.2 Å². The normalized spacial score (nSPS) is 17.0. The van der Waals surface area contributed by atoms with E-state index in [0.717, 1.165) is 25.2 Å². The van der Waals surface area contributed by atoms with Crippen LogP contribution in [0.5, 0.6) is 5.75 Å². The monoisotopic (exact) mass is 331 g/mol. The molecular formula is C18H21NO5. The molecule has 1 saturated heterocycles. The van der Waals surface area contributed by atoms with Crippen LogP contribution in [-0.4, -0.2) is 32.3 Å². The average Bonchev–Trinajstić information content (AvgIpc) is 3.26. The maximum absolute atomic E-state index is 12.1. The van der Waals surface area contributed by atoms with E-state index in [1.807, 2.05) is 12.1 Å². The summed E-state index contributed by atoms with van der Waals surface area (Å²) in [6.45, 7) is 1.71. The van der Waals surface area contributed by atoms with Crippen molar-refractivity contribution < 1.29 is 23.4 Å². The largest absolute Gasteiger partial charge is 0.491 e. The quantitative estimate of drug-likeness (QED) is 0.843. The summed E-state index contributed by atoms with van der Waals surface area (Å²) in [7, 11) is 1.57. The van der Waals surface area contributed by atoms with Gasteiger partial charge in [-0.3, -0.25) is 4.79 Å². The first-order valence-corrected chi connectivity index (χ1v) is 7.98. The summed E-state index contributed by atoms with van der Waals surface area (Å²) in [6.07, 6.45) is 2.32. The zero-order valence-electron chi connectivity index (χ0n) is 13.6. The Bertz CT molecular complexity index is 658. The molecule has 1 fully saturated rings. The molecule has 24 heavy (non-hydrogen) atoms. The molecule has 1 aromatic heterocycles. The molecule has 0 saturated carbocycles. The van der Waals surface area contributed by atoms with E-state index in [0.29, 0.717) is 24.7 Å². The van der Waals surface area contributed by atoms with Crippen LogP contribution in [0.4, 0.5) is 5.69 Å². The van der Waals surface area contributed by atoms with Gasteiger partial charge in [-0.1, -0.05) is 0 Å². The fourth-order valence-corrected chi connectivity index (χ4v) is 2.51. The third kappa shape index (κ3) is 4.37. The zero-order chi connectivity index (χ0) is 16.8. The first-order chi connectivity index (χ1) is 11.7. The number of rotatable bonds is 7. The van der Waals surface area contributed by atoms with Crippen LogP contribution >= 0.6 is 0 Å². The molecule has 1 aliphatic heterocycles. The minimum Gasteiger partial charge on any atom is -0.491 e. The van der Waals surface area contributed by atoms with E-state index in [1.54, 1.807) is 31.4 Å². The Morgan fingerprint density at radius 3 is 2.79 bits per heavy atom. The molecule has 3 rings (SSSR count). The Morgan fingerprint density at radius 2 is 2.08 bits per heavy atom. The van der Waals surface area contributed by atoms with Gasteiger partial charge in [-0.2, -0.15) is 0 Å². The maximum atomic E-state index is 12.1. The van der Waals surface area contributed by atoms with Crippen LogP contribution in [-0.2, 0) is 16.1 Å². The number of furan rings is 1. The smallest absolute Gasteiger partial charge is 0.291 e. The van der Waals surface area contributed by atoms with Gasteiger partial charge in [-0.15, -0.1) is 0 Å². The maximum Gasteiger partial charge on any atom is 0.291 e. The van der Waals surface area contributed by atoms with E-state index in [1.165, 1.54) is 0 Å². The summed E-state index contributed by atoms with van der Waals surface area (Å²) >= 11 is 0. The van der Waals surface area contributed by atoms with Crippen molar-refractivity contribution >= 4 is 11.6 Å². The fraction of sp³-hybridized carbons (Fsp3) is 0.389. The molecule has 0 bridgehead atoms. The number of hydrogen-bond donors (Lipinski definition) is 1. The van der Waals surface area contributed by atoms with Crippen LogP contribution in [0.25, 0.3) is 0 Å². The molecule has 0 aliphatic carbocycles. The molecular weight excluding hydrogens is 310 g/mol. The number of hydrogen-bond acceptors (Lipinski definition) is 5. The molecule has 1 N–H and O–H groups in total. The van der Waals surface area contributed by atoms with Gasteiger partial charge < -0.3 is 23.9 Å². The zero-order valence-corrected chi connectivity index (χ0v) is 13.6. The van der Waals surface area contributed by atoms with Gasteiger partial charge in [0.1, 0.15) is 24.7 Å². The Kier molecular flexibility index (Phi) is 5.51. The van der Waals surface area contributed by atoms with E-state index in [2.05, 4.69) is 5.32 Å². The first-order valence-electron chi connectivity index (χ1n) is 7.98. The topological polar surface area (TPSA) is 69.9 Å². The summed E-state index contributed by atoms with van der Waals surface area (Å²) < 4.78 is 21.6. The van der Waals surface area contributed by atoms with E-state index < -0.39 is 0 Å². The van der Waals surface area contributed by atoms with Crippen molar-refractivity contribution in [1.82, 2.24) is 0 Å². The van der Waals surface area contributed by atoms with Crippen molar-refractivity contribution in [2.45, 2.75) is 25.6 Å². The van der Waals surface area contributed by atoms with E-state index in [4.69, 9.17) is 18.6 Å². The molecule has 2 heterocycles. The Labute approximate surface area is 140 Å². The molecule has 1 aromatic carbocycles. The highest BCUT2D eigenvalue weighted by Gasteiger charge is 2.16. The number of nitrogens with one attached hydrogen (secondary N) is 1. The minimum absolute atomic E-state index is 0.185. The van der Waals surface area contributed by atoms with E-state index in [-0.39, 0.29) is 17.8 Å². The number of carbonyl (C=O) groups is 1. The van der Waals surface area contributed by atoms with E-state index in [9.17, 15) is 4.79 Å². The molecule has 0 radical (unpaired) electrons. The van der Waals surface area contributed by atoms with Gasteiger partial charge >= 0.3 is 0 Å². The molecule has 1 aliphatic rings. The molecule has 1 amide bonds. The highest BCUT2D eigenvalue weighted by molar-refractivity contribution is 6.02. The number of benzene rings is 1. The van der Waals surface area contributed by atoms with Crippen molar-refractivity contribution in [3.63, 3.8) is 0 Å². The van der Waals surface area contributed by atoms with Crippen LogP contribution in [0.3, 0.4) is 0 Å². The third-order valence-electron chi connectivity index (χ3n) is 3.74. The van der Waals surface area contributed by atoms with Crippen LogP contribution in [0, 0.1) is 0 Å². The van der Waals surface area contributed by atoms with Gasteiger partial charge in [0.15, 0.2) is 5.76 Å². The van der Waals surface area contributed by atoms with Gasteiger partial charge in [0.2, 0.25) is 0 Å². The van der Waals surface area contributed by atoms with Gasteiger partial charge in [0, 0.05) is 19.4 Å². The fourth-order valence-electron chi connectivity index (χ4n) is 2.51. The Balaban J connectivity index is 1.51. The lowest BCUT2D eigenvalue weighted by Gasteiger charge is -2.11. The lowest BCUT2D eigenvalue weighted by molar-refractivity contribution is 0.0679. The lowest BCUT2D eigenvalue weighted by Crippen LogP contribution is -2.16. The molecule has 0 spiro atoms. The van der Waals surface area contributed by atoms with Crippen molar-refractivity contribution in [2.75, 3.05) is 25.6 Å². The SMILES string of the molecule is COCc1ccc(C(=O)Nc2ccc(OCC3CCCO3)cc2)o1. The summed E-state index contributed by atoms with van der Waals surface area (Å²) in [6, 6.07) is 10.6. The molecule has 6 nitrogen and oxygen atoms in total. The van der Waals surface area contributed by atoms with Crippen LogP contribution in [0.1, 0.15) is 29.2 Å². The molecule has 1 unspecified atom stereocenters. The Hall–Kier alpha value is -2.31. The van der Waals surface area contributed by atoms with Crippen molar-refractivity contribution in [2.24, 2.45) is 0 Å². The van der Waals surface area contributed by atoms with Gasteiger partial charge in [-0.25, -0.2) is 0 Å². The van der Waals surface area contributed by atoms with Crippen molar-refractivity contribution in [1.29, 1.82) is 0 Å². The van der Waals surface area contributed by atoms with Crippen LogP contribution in [0.2, 0.25) is 0 Å². The highest BCUT2D eigenvalue weighted by atomic mass is 16.5. The molecule has 6 heteroatoms. The number of carbonyl (C=O) groups excluding carboxylic acids is 1.